The highest BCUT2D eigenvalue weighted by atomic mass is 16.5. The van der Waals surface area contributed by atoms with Crippen LogP contribution < -0.4 is 10.1 Å². The number of carbonyl (C=O) groups is 1. The van der Waals surface area contributed by atoms with E-state index in [1.165, 1.54) is 7.11 Å². The van der Waals surface area contributed by atoms with Gasteiger partial charge in [-0.25, -0.2) is 0 Å². The molecule has 1 aromatic rings. The number of ether oxygens (including phenoxy) is 1. The number of hydrogen-bond acceptors (Lipinski definition) is 4. The smallest absolute Gasteiger partial charge is 0.220 e. The summed E-state index contributed by atoms with van der Waals surface area (Å²) >= 11 is 0. The van der Waals surface area contributed by atoms with Crippen molar-refractivity contribution < 1.29 is 19.7 Å². The van der Waals surface area contributed by atoms with Crippen molar-refractivity contribution in [1.29, 1.82) is 0 Å². The number of nitrogens with one attached hydrogen (secondary N) is 1. The quantitative estimate of drug-likeness (QED) is 0.479. The van der Waals surface area contributed by atoms with E-state index < -0.39 is 0 Å². The third kappa shape index (κ3) is 7.08. The molecule has 23 heavy (non-hydrogen) atoms. The number of benzene rings is 1. The highest BCUT2D eigenvalue weighted by Crippen LogP contribution is 2.26. The first kappa shape index (κ1) is 18.9. The molecule has 5 nitrogen and oxygen atoms in total. The first-order chi connectivity index (χ1) is 10.9. The Bertz CT molecular complexity index is 538. The molecule has 0 spiro atoms. The zero-order valence-corrected chi connectivity index (χ0v) is 14.1. The Labute approximate surface area is 138 Å². The van der Waals surface area contributed by atoms with Crippen molar-refractivity contribution >= 4 is 5.91 Å². The number of unbranched alkanes of at least 4 members (excludes halogenated alkanes) is 2. The maximum Gasteiger partial charge on any atom is 0.220 e. The number of phenols is 1. The number of allylic oxidation sites excluding steroid dienone is 2. The summed E-state index contributed by atoms with van der Waals surface area (Å²) in [5.41, 5.74) is 0.873. The average molecular weight is 321 g/mol. The number of aliphatic hydroxyl groups excluding tert-OH is 1. The van der Waals surface area contributed by atoms with Crippen molar-refractivity contribution in [3.63, 3.8) is 0 Å². The van der Waals surface area contributed by atoms with Crippen LogP contribution in [0.2, 0.25) is 0 Å². The number of methoxy groups -OCH3 is 1. The lowest BCUT2D eigenvalue weighted by molar-refractivity contribution is -0.121. The largest absolute Gasteiger partial charge is 0.512 e. The molecule has 0 bridgehead atoms. The van der Waals surface area contributed by atoms with E-state index in [4.69, 9.17) is 4.74 Å². The molecule has 1 amide bonds. The van der Waals surface area contributed by atoms with E-state index in [0.717, 1.165) is 24.8 Å². The van der Waals surface area contributed by atoms with Crippen molar-refractivity contribution in [3.05, 3.63) is 35.6 Å². The van der Waals surface area contributed by atoms with Crippen LogP contribution >= 0.6 is 0 Å². The zero-order valence-electron chi connectivity index (χ0n) is 14.1. The van der Waals surface area contributed by atoms with Crippen LogP contribution in [-0.2, 0) is 11.3 Å². The van der Waals surface area contributed by atoms with Crippen LogP contribution in [0, 0.1) is 5.92 Å². The molecule has 0 radical (unpaired) electrons. The van der Waals surface area contributed by atoms with Crippen LogP contribution in [0.4, 0.5) is 0 Å². The molecule has 3 N–H and O–H groups in total. The van der Waals surface area contributed by atoms with Crippen LogP contribution in [0.15, 0.2) is 30.0 Å². The van der Waals surface area contributed by atoms with Crippen molar-refractivity contribution in [2.75, 3.05) is 7.11 Å². The Kier molecular flexibility index (Phi) is 8.02. The van der Waals surface area contributed by atoms with Gasteiger partial charge in [-0.2, -0.15) is 0 Å². The molecule has 0 saturated heterocycles. The molecule has 0 unspecified atom stereocenters. The Morgan fingerprint density at radius 1 is 1.35 bits per heavy atom. The van der Waals surface area contributed by atoms with Crippen LogP contribution in [0.3, 0.4) is 0 Å². The molecule has 0 aliphatic rings. The highest BCUT2D eigenvalue weighted by molar-refractivity contribution is 5.75. The summed E-state index contributed by atoms with van der Waals surface area (Å²) in [7, 11) is 1.49. The van der Waals surface area contributed by atoms with Crippen LogP contribution in [-0.4, -0.2) is 23.2 Å². The number of carbonyl (C=O) groups excluding carboxylic acids is 1. The van der Waals surface area contributed by atoms with Gasteiger partial charge in [-0.05, 0) is 43.0 Å². The third-order valence-electron chi connectivity index (χ3n) is 3.54. The van der Waals surface area contributed by atoms with E-state index in [9.17, 15) is 15.0 Å². The maximum atomic E-state index is 11.8. The second kappa shape index (κ2) is 9.77. The number of rotatable bonds is 9. The Morgan fingerprint density at radius 2 is 2.09 bits per heavy atom. The summed E-state index contributed by atoms with van der Waals surface area (Å²) in [6.45, 7) is 4.29. The topological polar surface area (TPSA) is 78.8 Å². The van der Waals surface area contributed by atoms with E-state index in [2.05, 4.69) is 5.32 Å². The normalized spacial score (nSPS) is 11.6. The fraction of sp³-hybridized carbons (Fsp3) is 0.500. The minimum absolute atomic E-state index is 0.00546. The van der Waals surface area contributed by atoms with Crippen molar-refractivity contribution in [1.82, 2.24) is 5.32 Å². The molecule has 1 rings (SSSR count). The van der Waals surface area contributed by atoms with Crippen LogP contribution in [0.5, 0.6) is 11.5 Å². The van der Waals surface area contributed by atoms with Gasteiger partial charge in [-0.15, -0.1) is 0 Å². The third-order valence-corrected chi connectivity index (χ3v) is 3.54. The first-order valence-electron chi connectivity index (χ1n) is 7.95. The highest BCUT2D eigenvalue weighted by Gasteiger charge is 2.05. The summed E-state index contributed by atoms with van der Waals surface area (Å²) in [6, 6.07) is 5.00. The molecule has 0 saturated carbocycles. The van der Waals surface area contributed by atoms with Gasteiger partial charge >= 0.3 is 0 Å². The Morgan fingerprint density at radius 3 is 2.74 bits per heavy atom. The van der Waals surface area contributed by atoms with E-state index in [1.54, 1.807) is 18.2 Å². The summed E-state index contributed by atoms with van der Waals surface area (Å²) in [5.74, 6) is 1.04. The summed E-state index contributed by atoms with van der Waals surface area (Å²) in [4.78, 5) is 11.8. The van der Waals surface area contributed by atoms with Crippen molar-refractivity contribution in [3.8, 4) is 11.5 Å². The Balaban J connectivity index is 2.26. The van der Waals surface area contributed by atoms with Gasteiger partial charge in [0.15, 0.2) is 11.5 Å². The fourth-order valence-electron chi connectivity index (χ4n) is 2.04. The molecule has 0 fully saturated rings. The number of aliphatic hydroxyl groups is 1. The second-order valence-corrected chi connectivity index (χ2v) is 5.81. The van der Waals surface area contributed by atoms with Gasteiger partial charge in [0.2, 0.25) is 5.91 Å². The van der Waals surface area contributed by atoms with Gasteiger partial charge in [-0.3, -0.25) is 4.79 Å². The fourth-order valence-corrected chi connectivity index (χ4v) is 2.04. The standard InChI is InChI=1S/C18H27NO4/c1-13(2)15(20)7-5-4-6-8-18(22)19-12-14-9-10-16(21)17(11-14)23-3/h7,9-11,13,20-21H,4-6,8,12H2,1-3H3,(H,19,22)/b15-7+. The summed E-state index contributed by atoms with van der Waals surface area (Å²) in [6.07, 6.45) is 4.73. The van der Waals surface area contributed by atoms with Gasteiger partial charge in [0.1, 0.15) is 0 Å². The maximum absolute atomic E-state index is 11.8. The molecular formula is C18H27NO4. The van der Waals surface area contributed by atoms with Gasteiger partial charge in [0.05, 0.1) is 12.9 Å². The molecule has 1 aromatic carbocycles. The molecule has 0 aliphatic carbocycles. The van der Waals surface area contributed by atoms with E-state index in [0.29, 0.717) is 24.5 Å². The van der Waals surface area contributed by atoms with E-state index in [-0.39, 0.29) is 17.6 Å². The van der Waals surface area contributed by atoms with Crippen LogP contribution in [0.25, 0.3) is 0 Å². The lowest BCUT2D eigenvalue weighted by Gasteiger charge is -2.08. The zero-order chi connectivity index (χ0) is 17.2. The molecule has 0 atom stereocenters. The van der Waals surface area contributed by atoms with E-state index >= 15 is 0 Å². The minimum atomic E-state index is -0.00546. The first-order valence-corrected chi connectivity index (χ1v) is 7.95. The number of amides is 1. The van der Waals surface area contributed by atoms with Gasteiger partial charge in [0.25, 0.3) is 0 Å². The lowest BCUT2D eigenvalue weighted by Crippen LogP contribution is -2.22. The average Bonchev–Trinajstić information content (AvgIpc) is 2.53. The molecule has 0 heterocycles. The van der Waals surface area contributed by atoms with Crippen molar-refractivity contribution in [2.45, 2.75) is 46.1 Å². The minimum Gasteiger partial charge on any atom is -0.512 e. The molecule has 5 heteroatoms. The Hall–Kier alpha value is -2.17. The predicted octanol–water partition coefficient (Wildman–Crippen LogP) is 3.68. The molecular weight excluding hydrogens is 294 g/mol. The second-order valence-electron chi connectivity index (χ2n) is 5.81. The number of aromatic hydroxyl groups is 1. The monoisotopic (exact) mass is 321 g/mol. The summed E-state index contributed by atoms with van der Waals surface area (Å²) in [5, 5.41) is 21.9. The molecule has 128 valence electrons. The van der Waals surface area contributed by atoms with Crippen molar-refractivity contribution in [2.24, 2.45) is 5.92 Å². The lowest BCUT2D eigenvalue weighted by atomic mass is 10.1. The number of hydrogen-bond donors (Lipinski definition) is 3. The predicted molar refractivity (Wildman–Crippen MR) is 90.5 cm³/mol. The van der Waals surface area contributed by atoms with Gasteiger partial charge in [-0.1, -0.05) is 19.9 Å². The van der Waals surface area contributed by atoms with Gasteiger partial charge < -0.3 is 20.3 Å². The SMILES string of the molecule is COc1cc(CNC(=O)CCCC/C=C(/O)C(C)C)ccc1O. The van der Waals surface area contributed by atoms with E-state index in [1.807, 2.05) is 19.9 Å². The summed E-state index contributed by atoms with van der Waals surface area (Å²) < 4.78 is 5.03. The molecule has 0 aromatic heterocycles. The molecule has 0 aliphatic heterocycles. The van der Waals surface area contributed by atoms with Crippen LogP contribution in [0.1, 0.15) is 45.1 Å². The van der Waals surface area contributed by atoms with Gasteiger partial charge in [0, 0.05) is 18.9 Å². The number of phenolic OH excluding ortho intramolecular Hbond substituents is 1.